The minimum absolute atomic E-state index is 0.00937. The number of carbonyl (C=O) groups is 1. The van der Waals surface area contributed by atoms with Crippen molar-refractivity contribution in [2.24, 2.45) is 0 Å². The van der Waals surface area contributed by atoms with Crippen LogP contribution in [0.25, 0.3) is 0 Å². The summed E-state index contributed by atoms with van der Waals surface area (Å²) in [6.45, 7) is 2.19. The lowest BCUT2D eigenvalue weighted by molar-refractivity contribution is -0.118. The van der Waals surface area contributed by atoms with Crippen molar-refractivity contribution >= 4 is 17.5 Å². The van der Waals surface area contributed by atoms with Crippen molar-refractivity contribution in [3.05, 3.63) is 0 Å². The highest BCUT2D eigenvalue weighted by Gasteiger charge is 1.86. The zero-order valence-electron chi connectivity index (χ0n) is 4.91. The minimum atomic E-state index is 0.00937. The summed E-state index contributed by atoms with van der Waals surface area (Å²) in [5.74, 6) is 0.621. The van der Waals surface area contributed by atoms with Crippen molar-refractivity contribution in [3.8, 4) is 0 Å². The van der Waals surface area contributed by atoms with Crippen LogP contribution < -0.4 is 5.32 Å². The highest BCUT2D eigenvalue weighted by atomic mass is 35.5. The van der Waals surface area contributed by atoms with Crippen molar-refractivity contribution in [3.63, 3.8) is 0 Å². The standard InChI is InChI=1S/C5H10ClNO/c1-5(8)7-4-2-3-6/h2-4H2,1H3,(H,7,8). The van der Waals surface area contributed by atoms with Gasteiger partial charge in [-0.05, 0) is 6.42 Å². The van der Waals surface area contributed by atoms with Gasteiger partial charge in [0, 0.05) is 19.3 Å². The van der Waals surface area contributed by atoms with Gasteiger partial charge in [-0.2, -0.15) is 0 Å². The van der Waals surface area contributed by atoms with Gasteiger partial charge in [0.05, 0.1) is 0 Å². The maximum absolute atomic E-state index is 10.2. The van der Waals surface area contributed by atoms with E-state index in [0.717, 1.165) is 6.42 Å². The number of carbonyl (C=O) groups excluding carboxylic acids is 1. The van der Waals surface area contributed by atoms with Gasteiger partial charge < -0.3 is 5.32 Å². The summed E-state index contributed by atoms with van der Waals surface area (Å²) in [7, 11) is 0. The summed E-state index contributed by atoms with van der Waals surface area (Å²) in [4.78, 5) is 10.2. The first kappa shape index (κ1) is 7.76. The fourth-order valence-electron chi connectivity index (χ4n) is 0.331. The Kier molecular flexibility index (Phi) is 4.76. The molecule has 0 rings (SSSR count). The van der Waals surface area contributed by atoms with Gasteiger partial charge in [-0.25, -0.2) is 0 Å². The van der Waals surface area contributed by atoms with E-state index in [1.807, 2.05) is 0 Å². The molecule has 0 aliphatic rings. The number of halogens is 1. The molecule has 3 heteroatoms. The molecule has 1 amide bonds. The van der Waals surface area contributed by atoms with Crippen LogP contribution in [0.15, 0.2) is 0 Å². The monoisotopic (exact) mass is 135 g/mol. The highest BCUT2D eigenvalue weighted by molar-refractivity contribution is 6.17. The zero-order valence-corrected chi connectivity index (χ0v) is 5.66. The first-order chi connectivity index (χ1) is 3.77. The van der Waals surface area contributed by atoms with E-state index in [2.05, 4.69) is 5.32 Å². The number of rotatable bonds is 3. The van der Waals surface area contributed by atoms with Crippen molar-refractivity contribution in [2.75, 3.05) is 12.4 Å². The maximum Gasteiger partial charge on any atom is 0.216 e. The van der Waals surface area contributed by atoms with Crippen LogP contribution in [-0.2, 0) is 4.79 Å². The predicted molar refractivity (Wildman–Crippen MR) is 34.0 cm³/mol. The molecule has 0 spiro atoms. The second kappa shape index (κ2) is 4.91. The van der Waals surface area contributed by atoms with Gasteiger partial charge in [0.15, 0.2) is 0 Å². The summed E-state index contributed by atoms with van der Waals surface area (Å²) >= 11 is 5.33. The first-order valence-electron chi connectivity index (χ1n) is 2.57. The molecule has 0 heterocycles. The van der Waals surface area contributed by atoms with E-state index >= 15 is 0 Å². The molecule has 0 unspecified atom stereocenters. The quantitative estimate of drug-likeness (QED) is 0.449. The molecule has 0 fully saturated rings. The van der Waals surface area contributed by atoms with Crippen LogP contribution in [0.4, 0.5) is 0 Å². The summed E-state index contributed by atoms with van der Waals surface area (Å²) in [5, 5.41) is 2.62. The van der Waals surface area contributed by atoms with Gasteiger partial charge in [0.1, 0.15) is 0 Å². The van der Waals surface area contributed by atoms with Gasteiger partial charge in [-0.1, -0.05) is 0 Å². The molecule has 0 aromatic rings. The molecular weight excluding hydrogens is 126 g/mol. The molecule has 0 aliphatic heterocycles. The normalized spacial score (nSPS) is 8.75. The van der Waals surface area contributed by atoms with Crippen LogP contribution in [0.5, 0.6) is 0 Å². The van der Waals surface area contributed by atoms with E-state index in [0.29, 0.717) is 12.4 Å². The van der Waals surface area contributed by atoms with Gasteiger partial charge in [0.2, 0.25) is 5.91 Å². The Morgan fingerprint density at radius 2 is 2.38 bits per heavy atom. The average Bonchev–Trinajstić information content (AvgIpc) is 1.66. The molecule has 8 heavy (non-hydrogen) atoms. The largest absolute Gasteiger partial charge is 0.356 e. The van der Waals surface area contributed by atoms with Crippen molar-refractivity contribution in [2.45, 2.75) is 13.3 Å². The van der Waals surface area contributed by atoms with Crippen LogP contribution in [-0.4, -0.2) is 18.3 Å². The van der Waals surface area contributed by atoms with Crippen molar-refractivity contribution in [1.82, 2.24) is 5.32 Å². The molecule has 0 atom stereocenters. The molecule has 0 aromatic heterocycles. The Hall–Kier alpha value is -0.240. The molecular formula is C5H10ClNO. The van der Waals surface area contributed by atoms with Crippen LogP contribution >= 0.6 is 11.6 Å². The molecule has 0 aliphatic carbocycles. The second-order valence-corrected chi connectivity index (χ2v) is 1.90. The van der Waals surface area contributed by atoms with Gasteiger partial charge in [0.25, 0.3) is 0 Å². The minimum Gasteiger partial charge on any atom is -0.356 e. The lowest BCUT2D eigenvalue weighted by atomic mass is 10.5. The third-order valence-corrected chi connectivity index (χ3v) is 0.952. The number of hydrogen-bond donors (Lipinski definition) is 1. The lowest BCUT2D eigenvalue weighted by Gasteiger charge is -1.95. The van der Waals surface area contributed by atoms with Crippen molar-refractivity contribution < 1.29 is 4.79 Å². The number of hydrogen-bond acceptors (Lipinski definition) is 1. The molecule has 0 radical (unpaired) electrons. The van der Waals surface area contributed by atoms with E-state index in [9.17, 15) is 4.79 Å². The predicted octanol–water partition coefficient (Wildman–Crippen LogP) is 0.751. The van der Waals surface area contributed by atoms with Gasteiger partial charge in [-0.3, -0.25) is 4.79 Å². The molecule has 2 nitrogen and oxygen atoms in total. The Morgan fingerprint density at radius 1 is 1.75 bits per heavy atom. The average molecular weight is 136 g/mol. The highest BCUT2D eigenvalue weighted by Crippen LogP contribution is 1.79. The summed E-state index contributed by atoms with van der Waals surface area (Å²) in [5.41, 5.74) is 0. The van der Waals surface area contributed by atoms with E-state index < -0.39 is 0 Å². The zero-order chi connectivity index (χ0) is 6.41. The smallest absolute Gasteiger partial charge is 0.216 e. The molecule has 48 valence electrons. The van der Waals surface area contributed by atoms with Crippen molar-refractivity contribution in [1.29, 1.82) is 0 Å². The lowest BCUT2D eigenvalue weighted by Crippen LogP contribution is -2.20. The Balaban J connectivity index is 2.82. The Bertz CT molecular complexity index is 74.8. The number of amides is 1. The molecule has 0 bridgehead atoms. The summed E-state index contributed by atoms with van der Waals surface area (Å²) in [6.07, 6.45) is 0.848. The van der Waals surface area contributed by atoms with Gasteiger partial charge >= 0.3 is 0 Å². The van der Waals surface area contributed by atoms with Crippen LogP contribution in [0.2, 0.25) is 0 Å². The third-order valence-electron chi connectivity index (χ3n) is 0.684. The SMILES string of the molecule is CC(=O)NCCCCl. The second-order valence-electron chi connectivity index (χ2n) is 1.53. The van der Waals surface area contributed by atoms with Crippen LogP contribution in [0, 0.1) is 0 Å². The van der Waals surface area contributed by atoms with Gasteiger partial charge in [-0.15, -0.1) is 11.6 Å². The number of alkyl halides is 1. The van der Waals surface area contributed by atoms with E-state index in [1.54, 1.807) is 0 Å². The third kappa shape index (κ3) is 5.76. The Morgan fingerprint density at radius 3 is 2.75 bits per heavy atom. The number of nitrogens with one attached hydrogen (secondary N) is 1. The van der Waals surface area contributed by atoms with E-state index in [4.69, 9.17) is 11.6 Å². The fraction of sp³-hybridized carbons (Fsp3) is 0.800. The fourth-order valence-corrected chi connectivity index (χ4v) is 0.465. The topological polar surface area (TPSA) is 29.1 Å². The summed E-state index contributed by atoms with van der Waals surface area (Å²) < 4.78 is 0. The molecule has 0 saturated carbocycles. The maximum atomic E-state index is 10.2. The Labute approximate surface area is 54.2 Å². The van der Waals surface area contributed by atoms with Crippen LogP contribution in [0.1, 0.15) is 13.3 Å². The van der Waals surface area contributed by atoms with E-state index in [1.165, 1.54) is 6.92 Å². The van der Waals surface area contributed by atoms with E-state index in [-0.39, 0.29) is 5.91 Å². The summed E-state index contributed by atoms with van der Waals surface area (Å²) in [6, 6.07) is 0. The molecule has 0 aromatic carbocycles. The molecule has 0 saturated heterocycles. The van der Waals surface area contributed by atoms with Crippen LogP contribution in [0.3, 0.4) is 0 Å². The first-order valence-corrected chi connectivity index (χ1v) is 3.11. The molecule has 1 N–H and O–H groups in total.